The summed E-state index contributed by atoms with van der Waals surface area (Å²) in [4.78, 5) is 28.4. The first kappa shape index (κ1) is 13.9. The predicted molar refractivity (Wildman–Crippen MR) is 75.8 cm³/mol. The molecule has 4 unspecified atom stereocenters. The molecule has 4 atom stereocenters. The van der Waals surface area contributed by atoms with Gasteiger partial charge in [0.05, 0.1) is 0 Å². The number of rotatable bonds is 3. The minimum Gasteiger partial charge on any atom is -0.340 e. The molecule has 0 radical (unpaired) electrons. The Balaban J connectivity index is 1.67. The van der Waals surface area contributed by atoms with E-state index in [2.05, 4.69) is 0 Å². The highest BCUT2D eigenvalue weighted by molar-refractivity contribution is 5.88. The van der Waals surface area contributed by atoms with Crippen molar-refractivity contribution < 1.29 is 9.59 Å². The van der Waals surface area contributed by atoms with Crippen LogP contribution < -0.4 is 5.73 Å². The molecule has 1 aliphatic carbocycles. The molecule has 0 bridgehead atoms. The van der Waals surface area contributed by atoms with Gasteiger partial charge in [-0.3, -0.25) is 9.59 Å². The predicted octanol–water partition coefficient (Wildman–Crippen LogP) is 0.583. The number of hydrogen-bond acceptors (Lipinski definition) is 3. The molecular weight excluding hydrogens is 254 g/mol. The lowest BCUT2D eigenvalue weighted by atomic mass is 9.98. The van der Waals surface area contributed by atoms with E-state index in [0.29, 0.717) is 24.7 Å². The molecule has 3 aliphatic rings. The van der Waals surface area contributed by atoms with E-state index >= 15 is 0 Å². The second kappa shape index (κ2) is 5.35. The van der Waals surface area contributed by atoms with Gasteiger partial charge in [0, 0.05) is 32.1 Å². The molecule has 0 aromatic heterocycles. The Hall–Kier alpha value is -1.10. The molecule has 2 saturated heterocycles. The first-order valence-electron chi connectivity index (χ1n) is 7.95. The molecule has 0 aromatic rings. The molecule has 5 nitrogen and oxygen atoms in total. The van der Waals surface area contributed by atoms with Gasteiger partial charge in [-0.1, -0.05) is 6.92 Å². The Kier molecular flexibility index (Phi) is 3.71. The maximum absolute atomic E-state index is 12.7. The first-order chi connectivity index (χ1) is 9.61. The molecule has 20 heavy (non-hydrogen) atoms. The Morgan fingerprint density at radius 3 is 2.80 bits per heavy atom. The maximum Gasteiger partial charge on any atom is 0.245 e. The van der Waals surface area contributed by atoms with E-state index in [4.69, 9.17) is 5.73 Å². The summed E-state index contributed by atoms with van der Waals surface area (Å²) >= 11 is 0. The SMILES string of the molecule is CCC(C(=O)N1CC2CCC(N)C2C1)N1CCCC1=O. The van der Waals surface area contributed by atoms with E-state index in [1.807, 2.05) is 11.8 Å². The fourth-order valence-corrected chi connectivity index (χ4v) is 4.23. The Bertz CT molecular complexity index is 412. The van der Waals surface area contributed by atoms with Crippen LogP contribution in [0.2, 0.25) is 0 Å². The smallest absolute Gasteiger partial charge is 0.245 e. The quantitative estimate of drug-likeness (QED) is 0.822. The molecule has 5 heteroatoms. The lowest BCUT2D eigenvalue weighted by molar-refractivity contribution is -0.143. The van der Waals surface area contributed by atoms with Crippen molar-refractivity contribution in [1.82, 2.24) is 9.80 Å². The summed E-state index contributed by atoms with van der Waals surface area (Å²) in [5, 5.41) is 0. The molecule has 3 fully saturated rings. The number of nitrogens with zero attached hydrogens (tertiary/aromatic N) is 2. The lowest BCUT2D eigenvalue weighted by Crippen LogP contribution is -2.48. The van der Waals surface area contributed by atoms with Crippen LogP contribution >= 0.6 is 0 Å². The summed E-state index contributed by atoms with van der Waals surface area (Å²) in [5.41, 5.74) is 6.13. The van der Waals surface area contributed by atoms with Crippen molar-refractivity contribution in [3.63, 3.8) is 0 Å². The summed E-state index contributed by atoms with van der Waals surface area (Å²) in [7, 11) is 0. The highest BCUT2D eigenvalue weighted by Crippen LogP contribution is 2.37. The van der Waals surface area contributed by atoms with Gasteiger partial charge >= 0.3 is 0 Å². The number of amides is 2. The van der Waals surface area contributed by atoms with Gasteiger partial charge in [0.2, 0.25) is 11.8 Å². The van der Waals surface area contributed by atoms with Crippen LogP contribution in [0.3, 0.4) is 0 Å². The topological polar surface area (TPSA) is 66.6 Å². The average Bonchev–Trinajstić information content (AvgIpc) is 3.10. The van der Waals surface area contributed by atoms with Crippen LogP contribution in [-0.2, 0) is 9.59 Å². The molecule has 1 saturated carbocycles. The van der Waals surface area contributed by atoms with E-state index in [1.54, 1.807) is 4.90 Å². The normalized spacial score (nSPS) is 34.7. The van der Waals surface area contributed by atoms with Gasteiger partial charge in [0.25, 0.3) is 0 Å². The zero-order chi connectivity index (χ0) is 14.3. The molecule has 2 N–H and O–H groups in total. The first-order valence-corrected chi connectivity index (χ1v) is 7.95. The molecule has 2 amide bonds. The minimum atomic E-state index is -0.250. The van der Waals surface area contributed by atoms with Crippen molar-refractivity contribution in [2.45, 2.75) is 51.1 Å². The zero-order valence-corrected chi connectivity index (χ0v) is 12.3. The molecular formula is C15H25N3O2. The number of nitrogens with two attached hydrogens (primary N) is 1. The minimum absolute atomic E-state index is 0.140. The molecule has 3 rings (SSSR count). The molecule has 0 spiro atoms. The van der Waals surface area contributed by atoms with Gasteiger partial charge in [-0.2, -0.15) is 0 Å². The number of hydrogen-bond donors (Lipinski definition) is 1. The molecule has 2 aliphatic heterocycles. The van der Waals surface area contributed by atoms with Crippen molar-refractivity contribution in [3.05, 3.63) is 0 Å². The Morgan fingerprint density at radius 1 is 1.40 bits per heavy atom. The van der Waals surface area contributed by atoms with Crippen molar-refractivity contribution in [2.75, 3.05) is 19.6 Å². The fourth-order valence-electron chi connectivity index (χ4n) is 4.23. The van der Waals surface area contributed by atoms with Crippen LogP contribution in [-0.4, -0.2) is 53.3 Å². The molecule has 112 valence electrons. The second-order valence-electron chi connectivity index (χ2n) is 6.52. The fraction of sp³-hybridized carbons (Fsp3) is 0.867. The third-order valence-corrected chi connectivity index (χ3v) is 5.38. The Labute approximate surface area is 120 Å². The van der Waals surface area contributed by atoms with Gasteiger partial charge in [0.1, 0.15) is 6.04 Å². The van der Waals surface area contributed by atoms with E-state index in [-0.39, 0.29) is 23.9 Å². The largest absolute Gasteiger partial charge is 0.340 e. The molecule has 0 aromatic carbocycles. The highest BCUT2D eigenvalue weighted by Gasteiger charge is 2.44. The van der Waals surface area contributed by atoms with Crippen molar-refractivity contribution in [1.29, 1.82) is 0 Å². The van der Waals surface area contributed by atoms with Gasteiger partial charge in [0.15, 0.2) is 0 Å². The van der Waals surface area contributed by atoms with Gasteiger partial charge in [-0.05, 0) is 37.5 Å². The van der Waals surface area contributed by atoms with Crippen LogP contribution in [0.4, 0.5) is 0 Å². The maximum atomic E-state index is 12.7. The van der Waals surface area contributed by atoms with Crippen LogP contribution in [0.5, 0.6) is 0 Å². The Morgan fingerprint density at radius 2 is 2.20 bits per heavy atom. The summed E-state index contributed by atoms with van der Waals surface area (Å²) in [6.07, 6.45) is 4.44. The number of carbonyl (C=O) groups is 2. The molecule has 2 heterocycles. The van der Waals surface area contributed by atoms with Crippen LogP contribution in [0, 0.1) is 11.8 Å². The van der Waals surface area contributed by atoms with Gasteiger partial charge in [-0.15, -0.1) is 0 Å². The summed E-state index contributed by atoms with van der Waals surface area (Å²) < 4.78 is 0. The summed E-state index contributed by atoms with van der Waals surface area (Å²) in [6, 6.07) is 0.00588. The second-order valence-corrected chi connectivity index (χ2v) is 6.52. The van der Waals surface area contributed by atoms with Crippen molar-refractivity contribution >= 4 is 11.8 Å². The monoisotopic (exact) mass is 279 g/mol. The van der Waals surface area contributed by atoms with Crippen LogP contribution in [0.15, 0.2) is 0 Å². The van der Waals surface area contributed by atoms with E-state index in [9.17, 15) is 9.59 Å². The van der Waals surface area contributed by atoms with Gasteiger partial charge < -0.3 is 15.5 Å². The number of fused-ring (bicyclic) bond motifs is 1. The van der Waals surface area contributed by atoms with Crippen molar-refractivity contribution in [3.8, 4) is 0 Å². The van der Waals surface area contributed by atoms with Gasteiger partial charge in [-0.25, -0.2) is 0 Å². The zero-order valence-electron chi connectivity index (χ0n) is 12.3. The summed E-state index contributed by atoms with van der Waals surface area (Å²) in [6.45, 7) is 4.37. The number of likely N-dealkylation sites (tertiary alicyclic amines) is 2. The van der Waals surface area contributed by atoms with Crippen LogP contribution in [0.1, 0.15) is 39.0 Å². The van der Waals surface area contributed by atoms with Crippen LogP contribution in [0.25, 0.3) is 0 Å². The van der Waals surface area contributed by atoms with E-state index in [0.717, 1.165) is 38.9 Å². The van der Waals surface area contributed by atoms with Crippen molar-refractivity contribution in [2.24, 2.45) is 17.6 Å². The van der Waals surface area contributed by atoms with E-state index in [1.165, 1.54) is 0 Å². The highest BCUT2D eigenvalue weighted by atomic mass is 16.2. The number of carbonyl (C=O) groups excluding carboxylic acids is 2. The third kappa shape index (κ3) is 2.22. The summed E-state index contributed by atoms with van der Waals surface area (Å²) in [5.74, 6) is 1.34. The van der Waals surface area contributed by atoms with E-state index < -0.39 is 0 Å². The third-order valence-electron chi connectivity index (χ3n) is 5.38. The average molecular weight is 279 g/mol. The standard InChI is InChI=1S/C15H25N3O2/c1-2-13(18-7-3-4-14(18)19)15(20)17-8-10-5-6-12(16)11(10)9-17/h10-13H,2-9,16H2,1H3. The lowest BCUT2D eigenvalue weighted by Gasteiger charge is -2.30.